The molecule has 1 saturated heterocycles. The molecule has 1 N–H and O–H groups in total. The highest BCUT2D eigenvalue weighted by atomic mass is 16.5. The van der Waals surface area contributed by atoms with Crippen LogP contribution in [-0.2, 0) is 4.74 Å². The second-order valence-electron chi connectivity index (χ2n) is 5.04. The van der Waals surface area contributed by atoms with Crippen LogP contribution in [0.4, 0.5) is 5.69 Å². The number of carbonyl (C=O) groups excluding carboxylic acids is 1. The van der Waals surface area contributed by atoms with Crippen molar-refractivity contribution < 1.29 is 9.53 Å². The molecule has 3 aliphatic heterocycles. The SMILES string of the molecule is O=C1N=C2NC(CN3CCOCC3)=Nc3cccc1c32. The smallest absolute Gasteiger partial charge is 0.279 e. The summed E-state index contributed by atoms with van der Waals surface area (Å²) < 4.78 is 5.34. The number of amidine groups is 2. The van der Waals surface area contributed by atoms with Gasteiger partial charge in [0.15, 0.2) is 0 Å². The predicted octanol–water partition coefficient (Wildman–Crippen LogP) is 0.552. The average molecular weight is 270 g/mol. The number of amides is 1. The Morgan fingerprint density at radius 1 is 1.25 bits per heavy atom. The average Bonchev–Trinajstić information content (AvgIpc) is 2.78. The Bertz CT molecular complexity index is 645. The van der Waals surface area contributed by atoms with Gasteiger partial charge in [0.1, 0.15) is 11.7 Å². The van der Waals surface area contributed by atoms with Crippen molar-refractivity contribution in [2.75, 3.05) is 32.8 Å². The minimum Gasteiger partial charge on any atom is -0.379 e. The molecule has 102 valence electrons. The molecule has 0 radical (unpaired) electrons. The Morgan fingerprint density at radius 3 is 2.95 bits per heavy atom. The van der Waals surface area contributed by atoms with Crippen LogP contribution in [0.15, 0.2) is 28.2 Å². The van der Waals surface area contributed by atoms with E-state index in [1.165, 1.54) is 0 Å². The summed E-state index contributed by atoms with van der Waals surface area (Å²) >= 11 is 0. The zero-order valence-electron chi connectivity index (χ0n) is 10.9. The fraction of sp³-hybridized carbons (Fsp3) is 0.357. The second-order valence-corrected chi connectivity index (χ2v) is 5.04. The summed E-state index contributed by atoms with van der Waals surface area (Å²) in [7, 11) is 0. The van der Waals surface area contributed by atoms with Gasteiger partial charge in [-0.25, -0.2) is 4.99 Å². The maximum Gasteiger partial charge on any atom is 0.279 e. The lowest BCUT2D eigenvalue weighted by Gasteiger charge is -2.28. The van der Waals surface area contributed by atoms with Crippen LogP contribution in [0.5, 0.6) is 0 Å². The minimum atomic E-state index is -0.188. The van der Waals surface area contributed by atoms with Crippen LogP contribution in [0.2, 0.25) is 0 Å². The molecule has 0 aliphatic carbocycles. The lowest BCUT2D eigenvalue weighted by atomic mass is 10.1. The molecule has 0 spiro atoms. The molecule has 1 fully saturated rings. The first-order chi connectivity index (χ1) is 9.81. The number of nitrogens with one attached hydrogen (secondary N) is 1. The molecule has 3 heterocycles. The summed E-state index contributed by atoms with van der Waals surface area (Å²) in [6.45, 7) is 4.04. The molecular weight excluding hydrogens is 256 g/mol. The first-order valence-electron chi connectivity index (χ1n) is 6.72. The van der Waals surface area contributed by atoms with Gasteiger partial charge in [0.25, 0.3) is 5.91 Å². The van der Waals surface area contributed by atoms with Crippen molar-refractivity contribution in [2.24, 2.45) is 9.98 Å². The summed E-state index contributed by atoms with van der Waals surface area (Å²) in [5.74, 6) is 1.29. The summed E-state index contributed by atoms with van der Waals surface area (Å²) in [4.78, 5) is 22.8. The van der Waals surface area contributed by atoms with E-state index in [0.717, 1.165) is 49.9 Å². The summed E-state index contributed by atoms with van der Waals surface area (Å²) in [5, 5.41) is 3.19. The van der Waals surface area contributed by atoms with Gasteiger partial charge in [-0.1, -0.05) is 6.07 Å². The molecule has 20 heavy (non-hydrogen) atoms. The molecule has 1 aromatic rings. The first kappa shape index (κ1) is 11.7. The first-order valence-corrected chi connectivity index (χ1v) is 6.72. The molecule has 0 aromatic heterocycles. The van der Waals surface area contributed by atoms with Crippen LogP contribution < -0.4 is 5.32 Å². The molecule has 4 rings (SSSR count). The number of carbonyl (C=O) groups is 1. The van der Waals surface area contributed by atoms with Crippen LogP contribution >= 0.6 is 0 Å². The molecule has 0 unspecified atom stereocenters. The Kier molecular flexibility index (Phi) is 2.64. The van der Waals surface area contributed by atoms with Crippen molar-refractivity contribution in [1.82, 2.24) is 10.2 Å². The van der Waals surface area contributed by atoms with E-state index in [1.54, 1.807) is 6.07 Å². The highest BCUT2D eigenvalue weighted by Crippen LogP contribution is 2.30. The third-order valence-electron chi connectivity index (χ3n) is 3.72. The van der Waals surface area contributed by atoms with Gasteiger partial charge >= 0.3 is 0 Å². The number of hydrogen-bond donors (Lipinski definition) is 1. The molecule has 1 aromatic carbocycles. The maximum absolute atomic E-state index is 11.8. The molecule has 6 nitrogen and oxygen atoms in total. The lowest BCUT2D eigenvalue weighted by Crippen LogP contribution is -2.45. The van der Waals surface area contributed by atoms with Gasteiger partial charge in [-0.3, -0.25) is 9.69 Å². The van der Waals surface area contributed by atoms with Crippen LogP contribution in [0.3, 0.4) is 0 Å². The number of hydrogen-bond acceptors (Lipinski definition) is 5. The zero-order valence-corrected chi connectivity index (χ0v) is 10.9. The van der Waals surface area contributed by atoms with Gasteiger partial charge in [-0.2, -0.15) is 4.99 Å². The van der Waals surface area contributed by atoms with Crippen molar-refractivity contribution in [3.05, 3.63) is 29.3 Å². The Labute approximate surface area is 116 Å². The normalized spacial score (nSPS) is 21.1. The van der Waals surface area contributed by atoms with Crippen LogP contribution in [0.25, 0.3) is 0 Å². The monoisotopic (exact) mass is 270 g/mol. The van der Waals surface area contributed by atoms with E-state index in [-0.39, 0.29) is 5.91 Å². The number of aliphatic imine (C=N–C) groups is 2. The van der Waals surface area contributed by atoms with Crippen LogP contribution in [-0.4, -0.2) is 55.3 Å². The third kappa shape index (κ3) is 1.85. The van der Waals surface area contributed by atoms with E-state index < -0.39 is 0 Å². The standard InChI is InChI=1S/C14H14N4O2/c19-14-9-2-1-3-10-12(9)13(17-14)16-11(15-10)8-18-4-6-20-7-5-18/h1-3H,4-8H2,(H,15,16,17,19). The Hall–Kier alpha value is -2.05. The minimum absolute atomic E-state index is 0.188. The maximum atomic E-state index is 11.8. The van der Waals surface area contributed by atoms with Gasteiger partial charge in [0.05, 0.1) is 36.6 Å². The lowest BCUT2D eigenvalue weighted by molar-refractivity contribution is 0.0451. The third-order valence-corrected chi connectivity index (χ3v) is 3.72. The van der Waals surface area contributed by atoms with Gasteiger partial charge in [0, 0.05) is 13.1 Å². The van der Waals surface area contributed by atoms with E-state index in [0.29, 0.717) is 11.4 Å². The highest BCUT2D eigenvalue weighted by Gasteiger charge is 2.30. The quantitative estimate of drug-likeness (QED) is 0.852. The fourth-order valence-corrected chi connectivity index (χ4v) is 2.72. The number of rotatable bonds is 2. The van der Waals surface area contributed by atoms with Crippen molar-refractivity contribution in [3.63, 3.8) is 0 Å². The van der Waals surface area contributed by atoms with E-state index in [1.807, 2.05) is 12.1 Å². The molecular formula is C14H14N4O2. The van der Waals surface area contributed by atoms with E-state index in [2.05, 4.69) is 20.2 Å². The molecule has 0 bridgehead atoms. The van der Waals surface area contributed by atoms with Gasteiger partial charge < -0.3 is 10.1 Å². The van der Waals surface area contributed by atoms with Gasteiger partial charge in [-0.05, 0) is 12.1 Å². The number of benzene rings is 1. The fourth-order valence-electron chi connectivity index (χ4n) is 2.72. The number of nitrogens with zero attached hydrogens (tertiary/aromatic N) is 3. The van der Waals surface area contributed by atoms with Crippen molar-refractivity contribution >= 4 is 23.3 Å². The molecule has 0 atom stereocenters. The van der Waals surface area contributed by atoms with Crippen LogP contribution in [0.1, 0.15) is 15.9 Å². The second kappa shape index (κ2) is 4.50. The van der Waals surface area contributed by atoms with Crippen molar-refractivity contribution in [1.29, 1.82) is 0 Å². The topological polar surface area (TPSA) is 66.3 Å². The van der Waals surface area contributed by atoms with Gasteiger partial charge in [-0.15, -0.1) is 0 Å². The molecule has 0 saturated carbocycles. The zero-order chi connectivity index (χ0) is 13.5. The summed E-state index contributed by atoms with van der Waals surface area (Å²) in [5.41, 5.74) is 2.30. The molecule has 3 aliphatic rings. The molecule has 6 heteroatoms. The van der Waals surface area contributed by atoms with E-state index in [9.17, 15) is 4.79 Å². The number of ether oxygens (including phenoxy) is 1. The largest absolute Gasteiger partial charge is 0.379 e. The Morgan fingerprint density at radius 2 is 2.10 bits per heavy atom. The summed E-state index contributed by atoms with van der Waals surface area (Å²) in [6.07, 6.45) is 0. The predicted molar refractivity (Wildman–Crippen MR) is 74.8 cm³/mol. The van der Waals surface area contributed by atoms with Crippen molar-refractivity contribution in [3.8, 4) is 0 Å². The Balaban J connectivity index is 1.64. The number of morpholine rings is 1. The highest BCUT2D eigenvalue weighted by molar-refractivity contribution is 6.28. The van der Waals surface area contributed by atoms with Gasteiger partial charge in [0.2, 0.25) is 0 Å². The van der Waals surface area contributed by atoms with Crippen molar-refractivity contribution in [2.45, 2.75) is 0 Å². The van der Waals surface area contributed by atoms with Crippen LogP contribution in [0, 0.1) is 0 Å². The van der Waals surface area contributed by atoms with E-state index in [4.69, 9.17) is 4.74 Å². The van der Waals surface area contributed by atoms with E-state index >= 15 is 0 Å². The molecule has 1 amide bonds. The summed E-state index contributed by atoms with van der Waals surface area (Å²) in [6, 6.07) is 5.57.